The van der Waals surface area contributed by atoms with Crippen LogP contribution in [0.4, 0.5) is 0 Å². The van der Waals surface area contributed by atoms with Crippen LogP contribution < -0.4 is 10.1 Å². The Bertz CT molecular complexity index is 823. The summed E-state index contributed by atoms with van der Waals surface area (Å²) >= 11 is 0. The van der Waals surface area contributed by atoms with Gasteiger partial charge in [-0.3, -0.25) is 4.79 Å². The molecule has 1 atom stereocenters. The smallest absolute Gasteiger partial charge is 0.335 e. The molecule has 0 spiro atoms. The number of amides is 1. The highest BCUT2D eigenvalue weighted by Crippen LogP contribution is 2.36. The summed E-state index contributed by atoms with van der Waals surface area (Å²) in [6, 6.07) is 13.9. The maximum Gasteiger partial charge on any atom is 0.335 e. The summed E-state index contributed by atoms with van der Waals surface area (Å²) in [5, 5.41) is 12.1. The summed E-state index contributed by atoms with van der Waals surface area (Å²) in [6.07, 6.45) is 1.21. The minimum Gasteiger partial charge on any atom is -0.497 e. The predicted octanol–water partition coefficient (Wildman–Crippen LogP) is 3.32. The second kappa shape index (κ2) is 8.44. The molecule has 1 saturated heterocycles. The van der Waals surface area contributed by atoms with E-state index in [0.717, 1.165) is 16.9 Å². The summed E-state index contributed by atoms with van der Waals surface area (Å²) in [5.41, 5.74) is 1.37. The normalized spacial score (nSPS) is 16.8. The van der Waals surface area contributed by atoms with Crippen LogP contribution >= 0.6 is 0 Å². The van der Waals surface area contributed by atoms with Crippen molar-refractivity contribution in [2.24, 2.45) is 0 Å². The van der Waals surface area contributed by atoms with Crippen LogP contribution in [-0.2, 0) is 14.9 Å². The van der Waals surface area contributed by atoms with Gasteiger partial charge in [-0.1, -0.05) is 24.3 Å². The van der Waals surface area contributed by atoms with Gasteiger partial charge in [0, 0.05) is 13.2 Å². The van der Waals surface area contributed by atoms with Gasteiger partial charge < -0.3 is 19.9 Å². The first kappa shape index (κ1) is 19.9. The van der Waals surface area contributed by atoms with E-state index in [1.807, 2.05) is 31.2 Å². The van der Waals surface area contributed by atoms with Gasteiger partial charge in [-0.25, -0.2) is 4.79 Å². The Morgan fingerprint density at radius 3 is 2.21 bits per heavy atom. The molecule has 0 radical (unpaired) electrons. The largest absolute Gasteiger partial charge is 0.497 e. The van der Waals surface area contributed by atoms with Crippen LogP contribution in [0.15, 0.2) is 48.5 Å². The van der Waals surface area contributed by atoms with E-state index >= 15 is 0 Å². The maximum absolute atomic E-state index is 13.3. The first-order valence-electron chi connectivity index (χ1n) is 9.33. The molecule has 0 bridgehead atoms. The van der Waals surface area contributed by atoms with E-state index in [-0.39, 0.29) is 17.5 Å². The molecule has 1 heterocycles. The van der Waals surface area contributed by atoms with Gasteiger partial charge in [-0.05, 0) is 55.2 Å². The standard InChI is InChI=1S/C22H25NO5/c1-15(16-3-5-17(6-4-16)20(24)25)23-21(26)22(11-13-28-14-12-22)18-7-9-19(27-2)10-8-18/h3-10,15H,11-14H2,1-2H3,(H,23,26)(H,24,25). The number of methoxy groups -OCH3 is 1. The third-order valence-corrected chi connectivity index (χ3v) is 5.43. The Hall–Kier alpha value is -2.86. The zero-order valence-corrected chi connectivity index (χ0v) is 16.1. The lowest BCUT2D eigenvalue weighted by atomic mass is 9.73. The van der Waals surface area contributed by atoms with Crippen molar-refractivity contribution < 1.29 is 24.2 Å². The molecule has 2 N–H and O–H groups in total. The van der Waals surface area contributed by atoms with Crippen LogP contribution in [0.1, 0.15) is 47.3 Å². The molecular formula is C22H25NO5. The first-order chi connectivity index (χ1) is 13.5. The zero-order valence-electron chi connectivity index (χ0n) is 16.1. The fourth-order valence-corrected chi connectivity index (χ4v) is 3.61. The summed E-state index contributed by atoms with van der Waals surface area (Å²) in [7, 11) is 1.61. The van der Waals surface area contributed by atoms with Gasteiger partial charge in [0.2, 0.25) is 5.91 Å². The van der Waals surface area contributed by atoms with E-state index < -0.39 is 11.4 Å². The van der Waals surface area contributed by atoms with Crippen molar-refractivity contribution >= 4 is 11.9 Å². The second-order valence-corrected chi connectivity index (χ2v) is 7.05. The maximum atomic E-state index is 13.3. The van der Waals surface area contributed by atoms with Gasteiger partial charge in [-0.15, -0.1) is 0 Å². The van der Waals surface area contributed by atoms with Crippen molar-refractivity contribution in [1.29, 1.82) is 0 Å². The Balaban J connectivity index is 1.82. The zero-order chi connectivity index (χ0) is 20.1. The summed E-state index contributed by atoms with van der Waals surface area (Å²) in [6.45, 7) is 2.96. The van der Waals surface area contributed by atoms with Gasteiger partial charge in [-0.2, -0.15) is 0 Å². The first-order valence-corrected chi connectivity index (χ1v) is 9.33. The minimum atomic E-state index is -0.969. The number of ether oxygens (including phenoxy) is 2. The molecule has 1 amide bonds. The molecule has 6 nitrogen and oxygen atoms in total. The van der Waals surface area contributed by atoms with Crippen molar-refractivity contribution in [3.63, 3.8) is 0 Å². The molecule has 1 unspecified atom stereocenters. The molecule has 28 heavy (non-hydrogen) atoms. The average molecular weight is 383 g/mol. The summed E-state index contributed by atoms with van der Waals surface area (Å²) in [4.78, 5) is 24.4. The van der Waals surface area contributed by atoms with E-state index in [2.05, 4.69) is 5.32 Å². The molecule has 1 fully saturated rings. The average Bonchev–Trinajstić information content (AvgIpc) is 2.74. The third-order valence-electron chi connectivity index (χ3n) is 5.43. The fourth-order valence-electron chi connectivity index (χ4n) is 3.61. The predicted molar refractivity (Wildman–Crippen MR) is 105 cm³/mol. The summed E-state index contributed by atoms with van der Waals surface area (Å²) in [5.74, 6) is -0.266. The molecule has 2 aromatic rings. The Kier molecular flexibility index (Phi) is 5.99. The van der Waals surface area contributed by atoms with Crippen LogP contribution in [0.25, 0.3) is 0 Å². The number of carbonyl (C=O) groups excluding carboxylic acids is 1. The molecule has 6 heteroatoms. The monoisotopic (exact) mass is 383 g/mol. The van der Waals surface area contributed by atoms with Crippen LogP contribution in [0.2, 0.25) is 0 Å². The van der Waals surface area contributed by atoms with Crippen molar-refractivity contribution in [2.45, 2.75) is 31.2 Å². The van der Waals surface area contributed by atoms with Crippen LogP contribution in [-0.4, -0.2) is 37.3 Å². The third kappa shape index (κ3) is 4.02. The van der Waals surface area contributed by atoms with E-state index in [9.17, 15) is 9.59 Å². The summed E-state index contributed by atoms with van der Waals surface area (Å²) < 4.78 is 10.7. The van der Waals surface area contributed by atoms with Crippen LogP contribution in [0, 0.1) is 0 Å². The van der Waals surface area contributed by atoms with Crippen molar-refractivity contribution in [3.05, 3.63) is 65.2 Å². The Morgan fingerprint density at radius 1 is 1.07 bits per heavy atom. The molecular weight excluding hydrogens is 358 g/mol. The van der Waals surface area contributed by atoms with Gasteiger partial charge in [0.25, 0.3) is 0 Å². The molecule has 0 saturated carbocycles. The lowest BCUT2D eigenvalue weighted by Crippen LogP contribution is -2.48. The van der Waals surface area contributed by atoms with E-state index in [1.54, 1.807) is 31.4 Å². The number of benzene rings is 2. The lowest BCUT2D eigenvalue weighted by Gasteiger charge is -2.37. The van der Waals surface area contributed by atoms with E-state index in [1.165, 1.54) is 0 Å². The molecule has 0 aromatic heterocycles. The van der Waals surface area contributed by atoms with E-state index in [0.29, 0.717) is 26.1 Å². The van der Waals surface area contributed by atoms with Gasteiger partial charge in [0.15, 0.2) is 0 Å². The number of carboxylic acid groups (broad SMARTS) is 1. The number of carboxylic acids is 1. The number of nitrogens with one attached hydrogen (secondary N) is 1. The number of rotatable bonds is 6. The number of hydrogen-bond donors (Lipinski definition) is 2. The van der Waals surface area contributed by atoms with Crippen LogP contribution in [0.5, 0.6) is 5.75 Å². The van der Waals surface area contributed by atoms with Crippen molar-refractivity contribution in [1.82, 2.24) is 5.32 Å². The van der Waals surface area contributed by atoms with Gasteiger partial charge >= 0.3 is 5.97 Å². The Morgan fingerprint density at radius 2 is 1.68 bits per heavy atom. The molecule has 2 aromatic carbocycles. The van der Waals surface area contributed by atoms with E-state index in [4.69, 9.17) is 14.6 Å². The fraction of sp³-hybridized carbons (Fsp3) is 0.364. The van der Waals surface area contributed by atoms with Crippen LogP contribution in [0.3, 0.4) is 0 Å². The van der Waals surface area contributed by atoms with Gasteiger partial charge in [0.1, 0.15) is 5.75 Å². The number of carbonyl (C=O) groups is 2. The molecule has 1 aliphatic heterocycles. The number of hydrogen-bond acceptors (Lipinski definition) is 4. The molecule has 3 rings (SSSR count). The second-order valence-electron chi connectivity index (χ2n) is 7.05. The SMILES string of the molecule is COc1ccc(C2(C(=O)NC(C)c3ccc(C(=O)O)cc3)CCOCC2)cc1. The molecule has 1 aliphatic rings. The molecule has 148 valence electrons. The van der Waals surface area contributed by atoms with Crippen molar-refractivity contribution in [3.8, 4) is 5.75 Å². The molecule has 0 aliphatic carbocycles. The quantitative estimate of drug-likeness (QED) is 0.799. The minimum absolute atomic E-state index is 0.0456. The highest BCUT2D eigenvalue weighted by Gasteiger charge is 2.42. The highest BCUT2D eigenvalue weighted by molar-refractivity contribution is 5.89. The van der Waals surface area contributed by atoms with Crippen molar-refractivity contribution in [2.75, 3.05) is 20.3 Å². The van der Waals surface area contributed by atoms with Gasteiger partial charge in [0.05, 0.1) is 24.1 Å². The highest BCUT2D eigenvalue weighted by atomic mass is 16.5. The number of aromatic carboxylic acids is 1. The Labute approximate surface area is 164 Å². The lowest BCUT2D eigenvalue weighted by molar-refractivity contribution is -0.131. The topological polar surface area (TPSA) is 84.9 Å².